The predicted octanol–water partition coefficient (Wildman–Crippen LogP) is 3.60. The summed E-state index contributed by atoms with van der Waals surface area (Å²) < 4.78 is 38.4. The molecule has 4 N–H and O–H groups in total. The van der Waals surface area contributed by atoms with Crippen molar-refractivity contribution in [3.05, 3.63) is 82.5 Å². The molecule has 5 atom stereocenters. The van der Waals surface area contributed by atoms with Gasteiger partial charge in [0.05, 0.1) is 7.11 Å². The standard InChI is InChI=1S/C34H34FN5O8/c1-14(2)24-31-40-25(30-37-22(13-46-30)32(44)45-5)27(48-31)34-18-8-7-17(35)12-20(18)38-33(34)47-23-9-6-16(10-19(23)34)11-21(28(42)39-24)36-29(43)26(41)15(3)4/h6-10,12-15,21,24,26,33,38,41H,11H2,1-5H3,(H,36,43)(H,39,42)/t21-,24-,26-,33+,34?/m0/s1. The molecule has 48 heavy (non-hydrogen) atoms. The number of esters is 1. The predicted molar refractivity (Wildman–Crippen MR) is 166 cm³/mol. The molecular weight excluding hydrogens is 625 g/mol. The Morgan fingerprint density at radius 3 is 2.62 bits per heavy atom. The molecule has 3 aliphatic rings. The van der Waals surface area contributed by atoms with E-state index in [1.54, 1.807) is 32.0 Å². The third-order valence-corrected chi connectivity index (χ3v) is 9.11. The van der Waals surface area contributed by atoms with E-state index in [0.29, 0.717) is 28.1 Å². The van der Waals surface area contributed by atoms with Crippen molar-refractivity contribution in [1.29, 1.82) is 0 Å². The average molecular weight is 660 g/mol. The van der Waals surface area contributed by atoms with E-state index >= 15 is 0 Å². The summed E-state index contributed by atoms with van der Waals surface area (Å²) in [6.07, 6.45) is -0.935. The van der Waals surface area contributed by atoms with Gasteiger partial charge < -0.3 is 39.4 Å². The maximum atomic E-state index is 14.6. The Hall–Kier alpha value is -5.24. The highest BCUT2D eigenvalue weighted by molar-refractivity contribution is 5.90. The van der Waals surface area contributed by atoms with Gasteiger partial charge >= 0.3 is 5.97 Å². The van der Waals surface area contributed by atoms with Crippen LogP contribution in [0.15, 0.2) is 51.5 Å². The van der Waals surface area contributed by atoms with Crippen molar-refractivity contribution >= 4 is 23.5 Å². The summed E-state index contributed by atoms with van der Waals surface area (Å²) in [7, 11) is 1.22. The number of anilines is 1. The van der Waals surface area contributed by atoms with E-state index < -0.39 is 53.4 Å². The van der Waals surface area contributed by atoms with Crippen molar-refractivity contribution in [3.8, 4) is 17.3 Å². The number of amides is 2. The molecular formula is C34H34FN5O8. The fourth-order valence-corrected chi connectivity index (χ4v) is 6.62. The molecule has 0 aliphatic carbocycles. The lowest BCUT2D eigenvalue weighted by molar-refractivity contribution is -0.135. The lowest BCUT2D eigenvalue weighted by Gasteiger charge is -2.29. The molecule has 3 aliphatic heterocycles. The van der Waals surface area contributed by atoms with Crippen molar-refractivity contribution in [3.63, 3.8) is 0 Å². The number of nitrogens with one attached hydrogen (secondary N) is 3. The molecule has 14 heteroatoms. The molecule has 0 radical (unpaired) electrons. The highest BCUT2D eigenvalue weighted by Gasteiger charge is 2.61. The van der Waals surface area contributed by atoms with Gasteiger partial charge in [-0.15, -0.1) is 0 Å². The van der Waals surface area contributed by atoms with Gasteiger partial charge in [0.1, 0.15) is 41.4 Å². The molecule has 4 aromatic rings. The van der Waals surface area contributed by atoms with Gasteiger partial charge in [0.2, 0.25) is 23.6 Å². The van der Waals surface area contributed by atoms with Crippen LogP contribution in [0.2, 0.25) is 0 Å². The summed E-state index contributed by atoms with van der Waals surface area (Å²) in [5.74, 6) is -2.24. The van der Waals surface area contributed by atoms with Gasteiger partial charge in [-0.2, -0.15) is 0 Å². The molecule has 250 valence electrons. The minimum Gasteiger partial charge on any atom is -0.469 e. The van der Waals surface area contributed by atoms with Gasteiger partial charge in [-0.3, -0.25) is 9.59 Å². The number of hydrogen-bond acceptors (Lipinski definition) is 11. The number of carbonyl (C=O) groups is 3. The Morgan fingerprint density at radius 2 is 1.90 bits per heavy atom. The van der Waals surface area contributed by atoms with Crippen LogP contribution in [0.25, 0.3) is 11.6 Å². The first kappa shape index (κ1) is 31.4. The Morgan fingerprint density at radius 1 is 1.10 bits per heavy atom. The first-order valence-electron chi connectivity index (χ1n) is 15.6. The summed E-state index contributed by atoms with van der Waals surface area (Å²) in [5.41, 5.74) is 1.15. The van der Waals surface area contributed by atoms with Crippen LogP contribution < -0.4 is 20.7 Å². The maximum absolute atomic E-state index is 14.6. The molecule has 0 saturated heterocycles. The third kappa shape index (κ3) is 4.81. The van der Waals surface area contributed by atoms with Crippen LogP contribution in [0.1, 0.15) is 72.6 Å². The summed E-state index contributed by atoms with van der Waals surface area (Å²) in [4.78, 5) is 48.5. The van der Waals surface area contributed by atoms with E-state index in [-0.39, 0.29) is 47.2 Å². The number of aliphatic hydroxyl groups is 1. The molecule has 13 nitrogen and oxygen atoms in total. The van der Waals surface area contributed by atoms with E-state index in [1.165, 1.54) is 19.2 Å². The number of carbonyl (C=O) groups excluding carboxylic acids is 3. The zero-order valence-electron chi connectivity index (χ0n) is 26.8. The van der Waals surface area contributed by atoms with Gasteiger partial charge in [-0.25, -0.2) is 19.2 Å². The zero-order chi connectivity index (χ0) is 34.1. The maximum Gasteiger partial charge on any atom is 0.360 e. The van der Waals surface area contributed by atoms with Crippen molar-refractivity contribution in [1.82, 2.24) is 20.6 Å². The number of aromatic nitrogens is 2. The van der Waals surface area contributed by atoms with E-state index in [1.807, 2.05) is 19.9 Å². The Kier molecular flexibility index (Phi) is 7.50. The minimum atomic E-state index is -1.33. The van der Waals surface area contributed by atoms with Crippen molar-refractivity contribution in [2.24, 2.45) is 11.8 Å². The monoisotopic (exact) mass is 659 g/mol. The first-order valence-corrected chi connectivity index (χ1v) is 15.6. The van der Waals surface area contributed by atoms with Crippen LogP contribution in [0, 0.1) is 17.7 Å². The van der Waals surface area contributed by atoms with Crippen LogP contribution in [0.4, 0.5) is 10.1 Å². The number of fused-ring (bicyclic) bond motifs is 4. The third-order valence-electron chi connectivity index (χ3n) is 9.11. The molecule has 5 heterocycles. The average Bonchev–Trinajstić information content (AvgIpc) is 3.83. The van der Waals surface area contributed by atoms with Crippen molar-refractivity contribution in [2.75, 3.05) is 12.4 Å². The largest absolute Gasteiger partial charge is 0.469 e. The second-order valence-electron chi connectivity index (χ2n) is 12.9. The van der Waals surface area contributed by atoms with Gasteiger partial charge in [0.25, 0.3) is 0 Å². The van der Waals surface area contributed by atoms with Gasteiger partial charge in [-0.1, -0.05) is 45.9 Å². The minimum absolute atomic E-state index is 0.0507. The quantitative estimate of drug-likeness (QED) is 0.222. The summed E-state index contributed by atoms with van der Waals surface area (Å²) in [5, 5.41) is 19.5. The van der Waals surface area contributed by atoms with Crippen LogP contribution in [0.5, 0.6) is 5.75 Å². The molecule has 0 saturated carbocycles. The lowest BCUT2D eigenvalue weighted by Crippen LogP contribution is -2.52. The number of oxazole rings is 2. The zero-order valence-corrected chi connectivity index (χ0v) is 26.8. The number of aliphatic hydroxyl groups excluding tert-OH is 1. The highest BCUT2D eigenvalue weighted by atomic mass is 19.1. The normalized spacial score (nSPS) is 22.9. The molecule has 7 rings (SSSR count). The first-order chi connectivity index (χ1) is 22.9. The number of halogens is 1. The Bertz CT molecular complexity index is 1950. The fraction of sp³-hybridized carbons (Fsp3) is 0.382. The van der Waals surface area contributed by atoms with Gasteiger partial charge in [0, 0.05) is 17.7 Å². The Labute approximate surface area is 274 Å². The number of rotatable bonds is 6. The molecule has 1 unspecified atom stereocenters. The molecule has 4 bridgehead atoms. The summed E-state index contributed by atoms with van der Waals surface area (Å²) >= 11 is 0. The SMILES string of the molecule is COC(=O)c1coc(-c2nc3oc2C24c5ccc(F)cc5N[C@@H]2Oc2ccc(cc24)C[C@H](NC(=O)[C@@H](O)C(C)C)C(=O)N[C@H]3C(C)C)n1. The number of ether oxygens (including phenoxy) is 2. The van der Waals surface area contributed by atoms with Crippen molar-refractivity contribution < 1.29 is 42.2 Å². The van der Waals surface area contributed by atoms with Crippen LogP contribution in [0.3, 0.4) is 0 Å². The molecule has 1 spiro atoms. The second-order valence-corrected chi connectivity index (χ2v) is 12.9. The smallest absolute Gasteiger partial charge is 0.360 e. The Balaban J connectivity index is 1.49. The lowest BCUT2D eigenvalue weighted by atomic mass is 9.72. The van der Waals surface area contributed by atoms with Gasteiger partial charge in [-0.05, 0) is 41.2 Å². The summed E-state index contributed by atoms with van der Waals surface area (Å²) in [6, 6.07) is 7.87. The van der Waals surface area contributed by atoms with Crippen LogP contribution in [-0.4, -0.2) is 58.3 Å². The molecule has 2 aromatic heterocycles. The number of benzene rings is 2. The molecule has 2 amide bonds. The van der Waals surface area contributed by atoms with E-state index in [2.05, 4.69) is 20.9 Å². The molecule has 2 aromatic carbocycles. The highest BCUT2D eigenvalue weighted by Crippen LogP contribution is 2.59. The van der Waals surface area contributed by atoms with E-state index in [9.17, 15) is 23.9 Å². The topological polar surface area (TPSA) is 178 Å². The second kappa shape index (κ2) is 11.5. The molecule has 0 fully saturated rings. The number of hydrogen-bond donors (Lipinski definition) is 4. The van der Waals surface area contributed by atoms with E-state index in [4.69, 9.17) is 23.3 Å². The van der Waals surface area contributed by atoms with Crippen molar-refractivity contribution in [2.45, 2.75) is 63.9 Å². The fourth-order valence-electron chi connectivity index (χ4n) is 6.62. The van der Waals surface area contributed by atoms with Crippen LogP contribution >= 0.6 is 0 Å². The van der Waals surface area contributed by atoms with Gasteiger partial charge in [0.15, 0.2) is 23.4 Å². The van der Waals surface area contributed by atoms with Crippen LogP contribution in [-0.2, 0) is 26.2 Å². The number of methoxy groups -OCH3 is 1. The summed E-state index contributed by atoms with van der Waals surface area (Å²) in [6.45, 7) is 7.14. The van der Waals surface area contributed by atoms with E-state index in [0.717, 1.165) is 6.26 Å². The number of nitrogens with zero attached hydrogens (tertiary/aromatic N) is 2.